The van der Waals surface area contributed by atoms with E-state index in [2.05, 4.69) is 0 Å². The van der Waals surface area contributed by atoms with E-state index in [-0.39, 0.29) is 5.78 Å². The molecule has 1 nitrogen and oxygen atoms in total. The van der Waals surface area contributed by atoms with Crippen LogP contribution in [0.15, 0.2) is 78.4 Å². The Morgan fingerprint density at radius 1 is 0.812 bits per heavy atom. The first-order chi connectivity index (χ1) is 7.88. The molecule has 0 fully saturated rings. The Balaban J connectivity index is 2.29. The first-order valence-electron chi connectivity index (χ1n) is 5.19. The van der Waals surface area contributed by atoms with Crippen LogP contribution in [0, 0.1) is 0 Å². The normalized spacial score (nSPS) is 23.4. The molecule has 0 aliphatic heterocycles. The molecule has 0 heterocycles. The summed E-state index contributed by atoms with van der Waals surface area (Å²) >= 11 is 0. The van der Waals surface area contributed by atoms with Crippen LogP contribution >= 0.6 is 0 Å². The molecule has 0 saturated heterocycles. The fraction of sp³-hybridized carbons (Fsp3) is 0. The molecule has 0 N–H and O–H groups in total. The van der Waals surface area contributed by atoms with Gasteiger partial charge in [-0.1, -0.05) is 72.9 Å². The van der Waals surface area contributed by atoms with E-state index in [1.807, 2.05) is 72.9 Å². The Morgan fingerprint density at radius 2 is 1.50 bits per heavy atom. The molecule has 0 unspecified atom stereocenters. The maximum absolute atomic E-state index is 12.1. The summed E-state index contributed by atoms with van der Waals surface area (Å²) in [6.45, 7) is 0. The van der Waals surface area contributed by atoms with E-state index in [1.54, 1.807) is 0 Å². The Kier molecular flexibility index (Phi) is 3.29. The minimum atomic E-state index is 0.0526. The first kappa shape index (κ1) is 10.4. The molecule has 0 amide bonds. The molecule has 2 rings (SSSR count). The van der Waals surface area contributed by atoms with Crippen molar-refractivity contribution in [1.82, 2.24) is 0 Å². The molecule has 1 aliphatic carbocycles. The van der Waals surface area contributed by atoms with Crippen molar-refractivity contribution in [2.24, 2.45) is 0 Å². The van der Waals surface area contributed by atoms with Crippen LogP contribution in [0.4, 0.5) is 0 Å². The molecular weight excluding hydrogens is 196 g/mol. The van der Waals surface area contributed by atoms with Gasteiger partial charge in [0, 0.05) is 11.1 Å². The second-order valence-electron chi connectivity index (χ2n) is 3.45. The van der Waals surface area contributed by atoms with Crippen molar-refractivity contribution in [2.45, 2.75) is 0 Å². The number of ketones is 1. The minimum Gasteiger partial charge on any atom is -0.289 e. The van der Waals surface area contributed by atoms with Crippen LogP contribution < -0.4 is 0 Å². The SMILES string of the molecule is O=C(C1=C/C=C\C=C/C=C\1)c1ccccc1. The summed E-state index contributed by atoms with van der Waals surface area (Å²) in [5.41, 5.74) is 1.42. The number of hydrogen-bond donors (Lipinski definition) is 0. The summed E-state index contributed by atoms with van der Waals surface area (Å²) in [6.07, 6.45) is 13.1. The predicted octanol–water partition coefficient (Wildman–Crippen LogP) is 3.48. The van der Waals surface area contributed by atoms with Crippen molar-refractivity contribution in [3.63, 3.8) is 0 Å². The Morgan fingerprint density at radius 3 is 2.31 bits per heavy atom. The van der Waals surface area contributed by atoms with E-state index in [0.717, 1.165) is 5.56 Å². The third-order valence-electron chi connectivity index (χ3n) is 2.29. The lowest BCUT2D eigenvalue weighted by molar-refractivity contribution is 0.103. The second kappa shape index (κ2) is 5.08. The second-order valence-corrected chi connectivity index (χ2v) is 3.45. The van der Waals surface area contributed by atoms with Crippen LogP contribution in [0.25, 0.3) is 0 Å². The van der Waals surface area contributed by atoms with Crippen molar-refractivity contribution in [3.05, 3.63) is 84.0 Å². The van der Waals surface area contributed by atoms with Gasteiger partial charge in [-0.05, 0) is 0 Å². The zero-order valence-corrected chi connectivity index (χ0v) is 8.84. The molecule has 0 aromatic heterocycles. The van der Waals surface area contributed by atoms with E-state index in [4.69, 9.17) is 0 Å². The fourth-order valence-corrected chi connectivity index (χ4v) is 1.47. The van der Waals surface area contributed by atoms with Gasteiger partial charge in [0.1, 0.15) is 0 Å². The third kappa shape index (κ3) is 2.45. The van der Waals surface area contributed by atoms with Gasteiger partial charge in [-0.3, -0.25) is 4.79 Å². The summed E-state index contributed by atoms with van der Waals surface area (Å²) in [7, 11) is 0. The molecule has 1 aromatic carbocycles. The summed E-state index contributed by atoms with van der Waals surface area (Å²) in [5.74, 6) is 0.0526. The molecule has 0 saturated carbocycles. The lowest BCUT2D eigenvalue weighted by atomic mass is 10.0. The van der Waals surface area contributed by atoms with Crippen LogP contribution in [0.1, 0.15) is 10.4 Å². The highest BCUT2D eigenvalue weighted by Gasteiger charge is 2.07. The highest BCUT2D eigenvalue weighted by atomic mass is 16.1. The lowest BCUT2D eigenvalue weighted by Crippen LogP contribution is -2.01. The van der Waals surface area contributed by atoms with Gasteiger partial charge in [-0.2, -0.15) is 0 Å². The molecule has 0 bridgehead atoms. The van der Waals surface area contributed by atoms with Crippen LogP contribution in [0.2, 0.25) is 0 Å². The molecule has 16 heavy (non-hydrogen) atoms. The standard InChI is InChI=1S/C15H12O/c16-15(14-11-7-4-8-12-14)13-9-5-2-1-3-6-10-13/h1-12H/b2-1-,3-1?,5-2?,6-3-,9-5-,10-6?,13-9?,13-10+. The van der Waals surface area contributed by atoms with E-state index in [9.17, 15) is 4.79 Å². The molecule has 1 heteroatoms. The predicted molar refractivity (Wildman–Crippen MR) is 66.3 cm³/mol. The summed E-state index contributed by atoms with van der Waals surface area (Å²) in [5, 5.41) is 0. The first-order valence-corrected chi connectivity index (χ1v) is 5.19. The summed E-state index contributed by atoms with van der Waals surface area (Å²) in [4.78, 5) is 12.1. The van der Waals surface area contributed by atoms with E-state index >= 15 is 0 Å². The van der Waals surface area contributed by atoms with E-state index < -0.39 is 0 Å². The van der Waals surface area contributed by atoms with Gasteiger partial charge in [0.2, 0.25) is 0 Å². The van der Waals surface area contributed by atoms with Gasteiger partial charge in [-0.25, -0.2) is 0 Å². The van der Waals surface area contributed by atoms with Crippen molar-refractivity contribution in [1.29, 1.82) is 0 Å². The maximum Gasteiger partial charge on any atom is 0.193 e. The molecule has 78 valence electrons. The topological polar surface area (TPSA) is 17.1 Å². The fourth-order valence-electron chi connectivity index (χ4n) is 1.47. The number of hydrogen-bond acceptors (Lipinski definition) is 1. The summed E-state index contributed by atoms with van der Waals surface area (Å²) in [6, 6.07) is 9.30. The maximum atomic E-state index is 12.1. The molecule has 0 radical (unpaired) electrons. The van der Waals surface area contributed by atoms with Gasteiger partial charge < -0.3 is 0 Å². The average molecular weight is 208 g/mol. The van der Waals surface area contributed by atoms with Crippen LogP contribution in [0.5, 0.6) is 0 Å². The van der Waals surface area contributed by atoms with Gasteiger partial charge in [0.15, 0.2) is 5.78 Å². The van der Waals surface area contributed by atoms with Crippen LogP contribution in [-0.2, 0) is 0 Å². The smallest absolute Gasteiger partial charge is 0.193 e. The van der Waals surface area contributed by atoms with Crippen molar-refractivity contribution >= 4 is 5.78 Å². The number of carbonyl (C=O) groups is 1. The Hall–Kier alpha value is -2.15. The number of rotatable bonds is 2. The quantitative estimate of drug-likeness (QED) is 0.680. The molecular formula is C15H12O. The zero-order chi connectivity index (χ0) is 11.2. The molecule has 0 spiro atoms. The number of allylic oxidation sites excluding steroid dienone is 8. The number of carbonyl (C=O) groups excluding carboxylic acids is 1. The van der Waals surface area contributed by atoms with Crippen molar-refractivity contribution < 1.29 is 4.79 Å². The summed E-state index contributed by atoms with van der Waals surface area (Å²) < 4.78 is 0. The van der Waals surface area contributed by atoms with Gasteiger partial charge in [-0.15, -0.1) is 0 Å². The largest absolute Gasteiger partial charge is 0.289 e. The monoisotopic (exact) mass is 208 g/mol. The van der Waals surface area contributed by atoms with Crippen molar-refractivity contribution in [2.75, 3.05) is 0 Å². The highest BCUT2D eigenvalue weighted by molar-refractivity contribution is 6.10. The third-order valence-corrected chi connectivity index (χ3v) is 2.29. The zero-order valence-electron chi connectivity index (χ0n) is 8.84. The number of benzene rings is 1. The molecule has 0 atom stereocenters. The number of Topliss-reactive ketones (excluding diaryl/α,β-unsaturated/α-hetero) is 1. The Bertz CT molecular complexity index is 487. The van der Waals surface area contributed by atoms with Crippen LogP contribution in [0.3, 0.4) is 0 Å². The highest BCUT2D eigenvalue weighted by Crippen LogP contribution is 2.11. The van der Waals surface area contributed by atoms with E-state index in [0.29, 0.717) is 5.57 Å². The Labute approximate surface area is 95.1 Å². The van der Waals surface area contributed by atoms with Gasteiger partial charge >= 0.3 is 0 Å². The minimum absolute atomic E-state index is 0.0526. The lowest BCUT2D eigenvalue weighted by Gasteiger charge is -2.01. The van der Waals surface area contributed by atoms with Crippen molar-refractivity contribution in [3.8, 4) is 0 Å². The van der Waals surface area contributed by atoms with Crippen LogP contribution in [-0.4, -0.2) is 5.78 Å². The van der Waals surface area contributed by atoms with Gasteiger partial charge in [0.25, 0.3) is 0 Å². The van der Waals surface area contributed by atoms with Gasteiger partial charge in [0.05, 0.1) is 0 Å². The molecule has 1 aromatic rings. The average Bonchev–Trinajstić information content (AvgIpc) is 2.29. The molecule has 1 aliphatic rings. The van der Waals surface area contributed by atoms with E-state index in [1.165, 1.54) is 0 Å².